The summed E-state index contributed by atoms with van der Waals surface area (Å²) in [7, 11) is 0. The number of benzene rings is 1. The first kappa shape index (κ1) is 13.5. The van der Waals surface area contributed by atoms with E-state index in [2.05, 4.69) is 17.4 Å². The first-order valence-electron chi connectivity index (χ1n) is 7.21. The Balaban J connectivity index is 1.63. The zero-order chi connectivity index (χ0) is 13.8. The molecule has 0 aliphatic carbocycles. The smallest absolute Gasteiger partial charge is 0.244 e. The van der Waals surface area contributed by atoms with Crippen LogP contribution in [0.4, 0.5) is 0 Å². The number of aliphatic hydroxyl groups excluding tert-OH is 1. The van der Waals surface area contributed by atoms with Gasteiger partial charge in [-0.1, -0.05) is 30.3 Å². The highest BCUT2D eigenvalue weighted by molar-refractivity contribution is 5.17. The summed E-state index contributed by atoms with van der Waals surface area (Å²) < 4.78 is 11.7. The fraction of sp³-hybridized carbons (Fsp3) is 0.500. The molecule has 1 aromatic rings. The average Bonchev–Trinajstić information content (AvgIpc) is 3.10. The van der Waals surface area contributed by atoms with Gasteiger partial charge in [-0.3, -0.25) is 0 Å². The Labute approximate surface area is 119 Å². The van der Waals surface area contributed by atoms with Crippen molar-refractivity contribution in [2.75, 3.05) is 19.7 Å². The van der Waals surface area contributed by atoms with Crippen LogP contribution >= 0.6 is 0 Å². The van der Waals surface area contributed by atoms with Gasteiger partial charge in [0.2, 0.25) is 6.29 Å². The van der Waals surface area contributed by atoms with Gasteiger partial charge < -0.3 is 19.9 Å². The molecule has 3 rings (SSSR count). The van der Waals surface area contributed by atoms with Gasteiger partial charge in [0, 0.05) is 25.0 Å². The summed E-state index contributed by atoms with van der Waals surface area (Å²) in [5.74, 6) is 0.887. The molecule has 0 saturated carbocycles. The van der Waals surface area contributed by atoms with E-state index >= 15 is 0 Å². The molecule has 2 N–H and O–H groups in total. The Hall–Kier alpha value is -1.52. The summed E-state index contributed by atoms with van der Waals surface area (Å²) in [4.78, 5) is 0. The minimum atomic E-state index is -0.247. The lowest BCUT2D eigenvalue weighted by atomic mass is 9.82. The van der Waals surface area contributed by atoms with Crippen LogP contribution in [0.1, 0.15) is 18.4 Å². The van der Waals surface area contributed by atoms with Crippen LogP contribution in [0.25, 0.3) is 0 Å². The molecule has 0 radical (unpaired) electrons. The Bertz CT molecular complexity index is 466. The van der Waals surface area contributed by atoms with Gasteiger partial charge in [-0.15, -0.1) is 0 Å². The SMILES string of the molecule is OCCC1(C2=COC(Cc3ccccc3)O2)CCNC1. The fourth-order valence-corrected chi connectivity index (χ4v) is 2.99. The van der Waals surface area contributed by atoms with Crippen molar-refractivity contribution < 1.29 is 14.6 Å². The number of hydrogen-bond acceptors (Lipinski definition) is 4. The highest BCUT2D eigenvalue weighted by Crippen LogP contribution is 2.41. The lowest BCUT2D eigenvalue weighted by molar-refractivity contribution is -0.0449. The lowest BCUT2D eigenvalue weighted by Gasteiger charge is -2.27. The molecule has 20 heavy (non-hydrogen) atoms. The molecule has 0 spiro atoms. The number of rotatable bonds is 5. The predicted octanol–water partition coefficient (Wildman–Crippen LogP) is 1.81. The van der Waals surface area contributed by atoms with Gasteiger partial charge in [-0.25, -0.2) is 0 Å². The molecule has 0 aromatic heterocycles. The summed E-state index contributed by atoms with van der Waals surface area (Å²) in [6.07, 6.45) is 3.94. The molecule has 2 aliphatic rings. The van der Waals surface area contributed by atoms with E-state index in [1.54, 1.807) is 6.26 Å². The van der Waals surface area contributed by atoms with E-state index in [1.165, 1.54) is 5.56 Å². The van der Waals surface area contributed by atoms with E-state index in [0.29, 0.717) is 6.42 Å². The molecule has 2 atom stereocenters. The molecule has 0 bridgehead atoms. The number of aliphatic hydroxyl groups is 1. The monoisotopic (exact) mass is 275 g/mol. The van der Waals surface area contributed by atoms with Gasteiger partial charge in [0.25, 0.3) is 0 Å². The number of ether oxygens (including phenoxy) is 2. The quantitative estimate of drug-likeness (QED) is 0.860. The van der Waals surface area contributed by atoms with E-state index in [9.17, 15) is 5.11 Å². The van der Waals surface area contributed by atoms with Crippen molar-refractivity contribution >= 4 is 0 Å². The second kappa shape index (κ2) is 5.85. The lowest BCUT2D eigenvalue weighted by Crippen LogP contribution is -2.29. The molecule has 1 fully saturated rings. The Morgan fingerprint density at radius 3 is 2.85 bits per heavy atom. The van der Waals surface area contributed by atoms with Crippen LogP contribution in [-0.4, -0.2) is 31.1 Å². The summed E-state index contributed by atoms with van der Waals surface area (Å²) in [5.41, 5.74) is 1.10. The molecule has 108 valence electrons. The van der Waals surface area contributed by atoms with Crippen molar-refractivity contribution in [1.82, 2.24) is 5.32 Å². The second-order valence-corrected chi connectivity index (χ2v) is 5.54. The van der Waals surface area contributed by atoms with Gasteiger partial charge in [0.15, 0.2) is 0 Å². The summed E-state index contributed by atoms with van der Waals surface area (Å²) in [5, 5.41) is 12.7. The van der Waals surface area contributed by atoms with Crippen LogP contribution in [0, 0.1) is 5.41 Å². The minimum absolute atomic E-state index is 0.0970. The van der Waals surface area contributed by atoms with Gasteiger partial charge in [0.05, 0.1) is 0 Å². The zero-order valence-electron chi connectivity index (χ0n) is 11.5. The first-order valence-corrected chi connectivity index (χ1v) is 7.21. The van der Waals surface area contributed by atoms with Crippen molar-refractivity contribution in [2.24, 2.45) is 5.41 Å². The second-order valence-electron chi connectivity index (χ2n) is 5.54. The normalized spacial score (nSPS) is 28.9. The number of nitrogens with one attached hydrogen (secondary N) is 1. The van der Waals surface area contributed by atoms with Crippen LogP contribution in [-0.2, 0) is 15.9 Å². The summed E-state index contributed by atoms with van der Waals surface area (Å²) in [6.45, 7) is 1.98. The average molecular weight is 275 g/mol. The molecule has 2 aliphatic heterocycles. The molecule has 0 amide bonds. The van der Waals surface area contributed by atoms with Gasteiger partial charge >= 0.3 is 0 Å². The summed E-state index contributed by atoms with van der Waals surface area (Å²) in [6, 6.07) is 10.2. The molecule has 4 nitrogen and oxygen atoms in total. The third-order valence-corrected chi connectivity index (χ3v) is 4.19. The van der Waals surface area contributed by atoms with Crippen molar-refractivity contribution in [1.29, 1.82) is 0 Å². The zero-order valence-corrected chi connectivity index (χ0v) is 11.5. The molecular formula is C16H21NO3. The van der Waals surface area contributed by atoms with Crippen LogP contribution < -0.4 is 5.32 Å². The molecule has 2 heterocycles. The minimum Gasteiger partial charge on any atom is -0.459 e. The van der Waals surface area contributed by atoms with E-state index in [-0.39, 0.29) is 18.3 Å². The molecule has 1 aromatic carbocycles. The Kier molecular flexibility index (Phi) is 3.94. The van der Waals surface area contributed by atoms with E-state index in [1.807, 2.05) is 18.2 Å². The maximum absolute atomic E-state index is 9.30. The van der Waals surface area contributed by atoms with Crippen molar-refractivity contribution in [3.05, 3.63) is 47.9 Å². The third-order valence-electron chi connectivity index (χ3n) is 4.19. The van der Waals surface area contributed by atoms with Crippen molar-refractivity contribution in [3.63, 3.8) is 0 Å². The maximum Gasteiger partial charge on any atom is 0.244 e. The fourth-order valence-electron chi connectivity index (χ4n) is 2.99. The number of hydrogen-bond donors (Lipinski definition) is 2. The molecule has 1 saturated heterocycles. The first-order chi connectivity index (χ1) is 9.82. The highest BCUT2D eigenvalue weighted by atomic mass is 16.7. The standard InChI is InChI=1S/C16H21NO3/c18-9-7-16(6-8-17-12-16)14-11-19-15(20-14)10-13-4-2-1-3-5-13/h1-5,11,15,17-18H,6-10,12H2. The maximum atomic E-state index is 9.30. The van der Waals surface area contributed by atoms with Crippen LogP contribution in [0.5, 0.6) is 0 Å². The van der Waals surface area contributed by atoms with Crippen LogP contribution in [0.15, 0.2) is 42.4 Å². The Morgan fingerprint density at radius 2 is 2.15 bits per heavy atom. The topological polar surface area (TPSA) is 50.7 Å². The van der Waals surface area contributed by atoms with Gasteiger partial charge in [-0.2, -0.15) is 0 Å². The van der Waals surface area contributed by atoms with E-state index in [0.717, 1.165) is 31.7 Å². The van der Waals surface area contributed by atoms with Gasteiger partial charge in [-0.05, 0) is 24.9 Å². The third kappa shape index (κ3) is 2.67. The summed E-state index contributed by atoms with van der Waals surface area (Å²) >= 11 is 0. The van der Waals surface area contributed by atoms with E-state index in [4.69, 9.17) is 9.47 Å². The van der Waals surface area contributed by atoms with E-state index < -0.39 is 0 Å². The Morgan fingerprint density at radius 1 is 1.30 bits per heavy atom. The molecule has 2 unspecified atom stereocenters. The van der Waals surface area contributed by atoms with Crippen LogP contribution in [0.3, 0.4) is 0 Å². The molecular weight excluding hydrogens is 254 g/mol. The predicted molar refractivity (Wildman–Crippen MR) is 75.8 cm³/mol. The van der Waals surface area contributed by atoms with Crippen molar-refractivity contribution in [3.8, 4) is 0 Å². The molecule has 4 heteroatoms. The largest absolute Gasteiger partial charge is 0.459 e. The highest BCUT2D eigenvalue weighted by Gasteiger charge is 2.42. The van der Waals surface area contributed by atoms with Gasteiger partial charge in [0.1, 0.15) is 12.0 Å². The van der Waals surface area contributed by atoms with Crippen molar-refractivity contribution in [2.45, 2.75) is 25.6 Å². The van der Waals surface area contributed by atoms with Crippen LogP contribution in [0.2, 0.25) is 0 Å².